The standard InChI is InChI=1S/CH3O6PS/c1-8(2)5-6-9(3,4)7-8/h1H3. The topological polar surface area (TPSA) is 78.9 Å². The highest BCUT2D eigenvalue weighted by atomic mass is 32.3. The van der Waals surface area contributed by atoms with Gasteiger partial charge in [-0.1, -0.05) is 4.33 Å². The molecule has 1 atom stereocenters. The summed E-state index contributed by atoms with van der Waals surface area (Å²) in [6.07, 6.45) is 0. The zero-order valence-electron chi connectivity index (χ0n) is 4.30. The molecular formula is CH3O6PS. The van der Waals surface area contributed by atoms with Crippen LogP contribution in [0.3, 0.4) is 0 Å². The third kappa shape index (κ3) is 1.74. The van der Waals surface area contributed by atoms with Crippen LogP contribution in [0.4, 0.5) is 0 Å². The normalized spacial score (nSPS) is 41.0. The molecule has 54 valence electrons. The summed E-state index contributed by atoms with van der Waals surface area (Å²) in [7, 11) is -7.61. The van der Waals surface area contributed by atoms with Crippen molar-refractivity contribution in [2.24, 2.45) is 0 Å². The quantitative estimate of drug-likeness (QED) is 0.380. The first kappa shape index (κ1) is 7.17. The van der Waals surface area contributed by atoms with E-state index in [9.17, 15) is 13.0 Å². The van der Waals surface area contributed by atoms with Gasteiger partial charge >= 0.3 is 18.0 Å². The minimum atomic E-state index is -4.14. The monoisotopic (exact) mass is 174 g/mol. The van der Waals surface area contributed by atoms with Crippen LogP contribution in [-0.4, -0.2) is 15.1 Å². The third-order valence-electron chi connectivity index (χ3n) is 0.476. The van der Waals surface area contributed by atoms with E-state index in [4.69, 9.17) is 0 Å². The smallest absolute Gasteiger partial charge is 0.257 e. The van der Waals surface area contributed by atoms with Gasteiger partial charge in [0, 0.05) is 6.66 Å². The van der Waals surface area contributed by atoms with E-state index in [1.54, 1.807) is 0 Å². The summed E-state index contributed by atoms with van der Waals surface area (Å²) >= 11 is 0. The predicted molar refractivity (Wildman–Crippen MR) is 25.7 cm³/mol. The molecular weight excluding hydrogens is 171 g/mol. The van der Waals surface area contributed by atoms with Gasteiger partial charge in [-0.2, -0.15) is 12.4 Å². The number of rotatable bonds is 0. The van der Waals surface area contributed by atoms with Crippen LogP contribution in [0, 0.1) is 0 Å². The average Bonchev–Trinajstić information content (AvgIpc) is 1.78. The van der Waals surface area contributed by atoms with Crippen LogP contribution in [0.1, 0.15) is 0 Å². The molecule has 1 aliphatic heterocycles. The van der Waals surface area contributed by atoms with Gasteiger partial charge in [0.05, 0.1) is 0 Å². The second-order valence-corrected chi connectivity index (χ2v) is 4.64. The van der Waals surface area contributed by atoms with Crippen LogP contribution in [0.25, 0.3) is 0 Å². The van der Waals surface area contributed by atoms with Crippen molar-refractivity contribution in [3.63, 3.8) is 0 Å². The zero-order chi connectivity index (χ0) is 7.12. The van der Waals surface area contributed by atoms with Crippen LogP contribution < -0.4 is 0 Å². The van der Waals surface area contributed by atoms with Crippen molar-refractivity contribution in [2.75, 3.05) is 6.66 Å². The maximum atomic E-state index is 10.5. The Balaban J connectivity index is 2.94. The molecule has 1 rings (SSSR count). The predicted octanol–water partition coefficient (Wildman–Crippen LogP) is 0.0325. The highest BCUT2D eigenvalue weighted by Gasteiger charge is 2.38. The molecule has 0 spiro atoms. The van der Waals surface area contributed by atoms with E-state index in [0.29, 0.717) is 0 Å². The first-order valence-electron chi connectivity index (χ1n) is 1.83. The summed E-state index contributed by atoms with van der Waals surface area (Å²) in [6.45, 7) is 0.984. The first-order valence-corrected chi connectivity index (χ1v) is 5.15. The Morgan fingerprint density at radius 2 is 2.00 bits per heavy atom. The largest absolute Gasteiger partial charge is 0.434 e. The minimum Gasteiger partial charge on any atom is -0.257 e. The van der Waals surface area contributed by atoms with E-state index in [0.717, 1.165) is 6.66 Å². The molecule has 8 heteroatoms. The summed E-state index contributed by atoms with van der Waals surface area (Å²) in [5.41, 5.74) is 0. The van der Waals surface area contributed by atoms with Crippen molar-refractivity contribution >= 4 is 18.0 Å². The molecule has 1 fully saturated rings. The molecule has 1 aliphatic rings. The fourth-order valence-corrected chi connectivity index (χ4v) is 2.55. The van der Waals surface area contributed by atoms with Crippen LogP contribution in [0.5, 0.6) is 0 Å². The van der Waals surface area contributed by atoms with Crippen LogP contribution in [-0.2, 0) is 27.9 Å². The van der Waals surface area contributed by atoms with Gasteiger partial charge in [0.1, 0.15) is 0 Å². The van der Waals surface area contributed by atoms with Gasteiger partial charge < -0.3 is 0 Å². The van der Waals surface area contributed by atoms with Crippen molar-refractivity contribution < 1.29 is 26.0 Å². The van der Waals surface area contributed by atoms with Gasteiger partial charge in [-0.15, -0.1) is 4.67 Å². The Morgan fingerprint density at radius 3 is 2.11 bits per heavy atom. The second-order valence-electron chi connectivity index (χ2n) is 1.40. The van der Waals surface area contributed by atoms with E-state index in [1.165, 1.54) is 0 Å². The molecule has 1 saturated heterocycles. The molecule has 0 aromatic rings. The lowest BCUT2D eigenvalue weighted by Gasteiger charge is -1.89. The highest BCUT2D eigenvalue weighted by Crippen LogP contribution is 2.51. The van der Waals surface area contributed by atoms with Crippen LogP contribution in [0.15, 0.2) is 0 Å². The van der Waals surface area contributed by atoms with Crippen molar-refractivity contribution in [3.8, 4) is 0 Å². The molecule has 1 heterocycles. The Hall–Kier alpha value is 0.0600. The fourth-order valence-electron chi connectivity index (χ4n) is 0.283. The molecule has 0 aliphatic carbocycles. The van der Waals surface area contributed by atoms with Gasteiger partial charge in [-0.3, -0.25) is 4.57 Å². The van der Waals surface area contributed by atoms with Crippen molar-refractivity contribution in [2.45, 2.75) is 0 Å². The molecule has 0 N–H and O–H groups in total. The molecule has 0 aromatic carbocycles. The second kappa shape index (κ2) is 1.77. The third-order valence-corrected chi connectivity index (χ3v) is 2.97. The molecule has 1 unspecified atom stereocenters. The summed E-state index contributed by atoms with van der Waals surface area (Å²) < 4.78 is 41.9. The number of hydrogen-bond acceptors (Lipinski definition) is 6. The van der Waals surface area contributed by atoms with Gasteiger partial charge in [0.2, 0.25) is 0 Å². The van der Waals surface area contributed by atoms with Crippen LogP contribution in [0.2, 0.25) is 0 Å². The zero-order valence-corrected chi connectivity index (χ0v) is 6.02. The van der Waals surface area contributed by atoms with Gasteiger partial charge in [0.15, 0.2) is 0 Å². The molecule has 0 saturated carbocycles. The Kier molecular flexibility index (Phi) is 1.41. The van der Waals surface area contributed by atoms with E-state index in [2.05, 4.69) is 13.0 Å². The maximum absolute atomic E-state index is 10.5. The van der Waals surface area contributed by atoms with E-state index >= 15 is 0 Å². The van der Waals surface area contributed by atoms with Gasteiger partial charge in [-0.25, -0.2) is 0 Å². The van der Waals surface area contributed by atoms with E-state index < -0.39 is 18.0 Å². The van der Waals surface area contributed by atoms with Crippen molar-refractivity contribution in [1.82, 2.24) is 0 Å². The van der Waals surface area contributed by atoms with Gasteiger partial charge in [-0.05, 0) is 0 Å². The first-order chi connectivity index (χ1) is 3.91. The maximum Gasteiger partial charge on any atom is 0.434 e. The SMILES string of the molecule is CP1(=O)OOS(=O)(=O)O1. The lowest BCUT2D eigenvalue weighted by molar-refractivity contribution is -0.0779. The molecule has 0 bridgehead atoms. The average molecular weight is 174 g/mol. The van der Waals surface area contributed by atoms with Crippen LogP contribution >= 0.6 is 7.60 Å². The Labute approximate surface area is 51.5 Å². The van der Waals surface area contributed by atoms with Gasteiger partial charge in [0.25, 0.3) is 0 Å². The summed E-state index contributed by atoms with van der Waals surface area (Å²) in [5, 5.41) is 0. The fraction of sp³-hybridized carbons (Fsp3) is 1.00. The molecule has 9 heavy (non-hydrogen) atoms. The molecule has 0 aromatic heterocycles. The summed E-state index contributed by atoms with van der Waals surface area (Å²) in [6, 6.07) is 0. The summed E-state index contributed by atoms with van der Waals surface area (Å²) in [5.74, 6) is 0. The van der Waals surface area contributed by atoms with Crippen molar-refractivity contribution in [1.29, 1.82) is 0 Å². The molecule has 0 radical (unpaired) electrons. The lowest BCUT2D eigenvalue weighted by atomic mass is 12.0. The van der Waals surface area contributed by atoms with E-state index in [-0.39, 0.29) is 0 Å². The minimum absolute atomic E-state index is 0.984. The van der Waals surface area contributed by atoms with E-state index in [1.807, 2.05) is 0 Å². The Morgan fingerprint density at radius 1 is 1.44 bits per heavy atom. The lowest BCUT2D eigenvalue weighted by Crippen LogP contribution is -1.94. The molecule has 6 nitrogen and oxygen atoms in total. The number of hydrogen-bond donors (Lipinski definition) is 0. The highest BCUT2D eigenvalue weighted by molar-refractivity contribution is 7.88. The Bertz CT molecular complexity index is 250. The van der Waals surface area contributed by atoms with Crippen molar-refractivity contribution in [3.05, 3.63) is 0 Å². The molecule has 0 amide bonds. The summed E-state index contributed by atoms with van der Waals surface area (Å²) in [4.78, 5) is 0.